The molecule has 2 aromatic carbocycles. The van der Waals surface area contributed by atoms with Gasteiger partial charge in [-0.05, 0) is 37.0 Å². The molecule has 160 valence electrons. The molecule has 7 heteroatoms. The second-order valence-corrected chi connectivity index (χ2v) is 8.84. The van der Waals surface area contributed by atoms with Crippen molar-refractivity contribution in [3.63, 3.8) is 0 Å². The van der Waals surface area contributed by atoms with Gasteiger partial charge in [-0.15, -0.1) is 11.3 Å². The van der Waals surface area contributed by atoms with E-state index in [0.29, 0.717) is 38.6 Å². The Morgan fingerprint density at radius 1 is 1.16 bits per heavy atom. The zero-order valence-corrected chi connectivity index (χ0v) is 17.9. The zero-order valence-electron chi connectivity index (χ0n) is 17.1. The van der Waals surface area contributed by atoms with Crippen LogP contribution in [0.2, 0.25) is 0 Å². The molecule has 0 unspecified atom stereocenters. The summed E-state index contributed by atoms with van der Waals surface area (Å²) < 4.78 is 13.2. The highest BCUT2D eigenvalue weighted by Crippen LogP contribution is 2.30. The lowest BCUT2D eigenvalue weighted by Crippen LogP contribution is -2.44. The first kappa shape index (κ1) is 21.2. The fourth-order valence-corrected chi connectivity index (χ4v) is 4.75. The van der Waals surface area contributed by atoms with Gasteiger partial charge in [0.1, 0.15) is 5.82 Å². The first-order chi connectivity index (χ1) is 15.0. The molecule has 0 saturated carbocycles. The van der Waals surface area contributed by atoms with Crippen molar-refractivity contribution in [1.29, 1.82) is 0 Å². The van der Waals surface area contributed by atoms with Crippen LogP contribution in [0.1, 0.15) is 36.1 Å². The van der Waals surface area contributed by atoms with Crippen LogP contribution < -0.4 is 10.6 Å². The van der Waals surface area contributed by atoms with Crippen molar-refractivity contribution in [2.45, 2.75) is 44.2 Å². The van der Waals surface area contributed by atoms with Gasteiger partial charge in [-0.3, -0.25) is 9.59 Å². The summed E-state index contributed by atoms with van der Waals surface area (Å²) in [5.74, 6) is -0.350. The molecule has 3 aromatic rings. The zero-order chi connectivity index (χ0) is 21.7. The van der Waals surface area contributed by atoms with Gasteiger partial charge in [0.25, 0.3) is 0 Å². The van der Waals surface area contributed by atoms with E-state index < -0.39 is 5.54 Å². The summed E-state index contributed by atoms with van der Waals surface area (Å²) in [6, 6.07) is 16.2. The van der Waals surface area contributed by atoms with E-state index in [1.54, 1.807) is 17.6 Å². The average molecular weight is 438 g/mol. The molecular weight excluding hydrogens is 413 g/mol. The van der Waals surface area contributed by atoms with Gasteiger partial charge in [0.15, 0.2) is 0 Å². The summed E-state index contributed by atoms with van der Waals surface area (Å²) in [5, 5.41) is 6.05. The number of hydrogen-bond donors (Lipinski definition) is 2. The van der Waals surface area contributed by atoms with Gasteiger partial charge in [0.2, 0.25) is 11.8 Å². The Hall–Kier alpha value is -3.06. The van der Waals surface area contributed by atoms with Crippen LogP contribution in [0.5, 0.6) is 0 Å². The Morgan fingerprint density at radius 3 is 2.65 bits per heavy atom. The van der Waals surface area contributed by atoms with Crippen LogP contribution in [-0.4, -0.2) is 22.3 Å². The van der Waals surface area contributed by atoms with Crippen molar-refractivity contribution < 1.29 is 14.0 Å². The Kier molecular flexibility index (Phi) is 6.42. The normalized spacial score (nSPS) is 18.0. The second kappa shape index (κ2) is 9.39. The van der Waals surface area contributed by atoms with E-state index >= 15 is 0 Å². The number of aromatic nitrogens is 1. The van der Waals surface area contributed by atoms with Crippen molar-refractivity contribution >= 4 is 23.2 Å². The maximum atomic E-state index is 13.2. The van der Waals surface area contributed by atoms with Crippen LogP contribution >= 0.6 is 11.3 Å². The lowest BCUT2D eigenvalue weighted by atomic mass is 9.85. The van der Waals surface area contributed by atoms with E-state index in [-0.39, 0.29) is 17.6 Å². The number of amides is 2. The molecule has 1 atom stereocenters. The first-order valence-corrected chi connectivity index (χ1v) is 11.2. The van der Waals surface area contributed by atoms with Crippen LogP contribution in [0, 0.1) is 5.82 Å². The second-order valence-electron chi connectivity index (χ2n) is 7.90. The minimum Gasteiger partial charge on any atom is -0.351 e. The number of benzene rings is 2. The van der Waals surface area contributed by atoms with Crippen molar-refractivity contribution in [2.75, 3.05) is 0 Å². The van der Waals surface area contributed by atoms with Crippen molar-refractivity contribution in [2.24, 2.45) is 0 Å². The lowest BCUT2D eigenvalue weighted by molar-refractivity contribution is -0.122. The average Bonchev–Trinajstić information content (AvgIpc) is 3.40. The summed E-state index contributed by atoms with van der Waals surface area (Å²) in [7, 11) is 0. The monoisotopic (exact) mass is 437 g/mol. The van der Waals surface area contributed by atoms with Gasteiger partial charge in [0.05, 0.1) is 22.6 Å². The summed E-state index contributed by atoms with van der Waals surface area (Å²) in [5.41, 5.74) is 4.18. The number of nitrogens with zero attached hydrogens (tertiary/aromatic N) is 1. The summed E-state index contributed by atoms with van der Waals surface area (Å²) in [4.78, 5) is 29.9. The molecule has 2 amide bonds. The third-order valence-corrected chi connectivity index (χ3v) is 6.49. The summed E-state index contributed by atoms with van der Waals surface area (Å²) in [6.45, 7) is 0.422. The Balaban J connectivity index is 1.35. The van der Waals surface area contributed by atoms with Crippen LogP contribution in [0.3, 0.4) is 0 Å². The fraction of sp³-hybridized carbons (Fsp3) is 0.292. The van der Waals surface area contributed by atoms with E-state index in [0.717, 1.165) is 21.7 Å². The predicted molar refractivity (Wildman–Crippen MR) is 119 cm³/mol. The van der Waals surface area contributed by atoms with E-state index in [9.17, 15) is 14.0 Å². The minimum atomic E-state index is -0.466. The maximum Gasteiger partial charge on any atom is 0.220 e. The van der Waals surface area contributed by atoms with Crippen LogP contribution in [0.4, 0.5) is 4.39 Å². The third-order valence-electron chi connectivity index (χ3n) is 5.66. The molecule has 0 radical (unpaired) electrons. The number of halogens is 1. The first-order valence-electron chi connectivity index (χ1n) is 10.3. The van der Waals surface area contributed by atoms with Crippen LogP contribution in [0.25, 0.3) is 11.3 Å². The van der Waals surface area contributed by atoms with E-state index in [4.69, 9.17) is 0 Å². The SMILES string of the molecule is O=C(CC[C@@]1(Cc2ccc(F)cc2)CCC(=O)N1)NCc1scnc1-c1ccccc1. The predicted octanol–water partition coefficient (Wildman–Crippen LogP) is 4.24. The van der Waals surface area contributed by atoms with E-state index in [2.05, 4.69) is 15.6 Å². The third kappa shape index (κ3) is 5.35. The molecule has 0 bridgehead atoms. The quantitative estimate of drug-likeness (QED) is 0.554. The van der Waals surface area contributed by atoms with Crippen molar-refractivity contribution in [1.82, 2.24) is 15.6 Å². The Morgan fingerprint density at radius 2 is 1.94 bits per heavy atom. The number of carbonyl (C=O) groups is 2. The van der Waals surface area contributed by atoms with Gasteiger partial charge in [0, 0.05) is 23.9 Å². The standard InChI is InChI=1S/C24H24FN3O2S/c25-19-8-6-17(7-9-19)14-24(13-11-22(30)28-24)12-10-21(29)26-15-20-23(27-16-31-20)18-4-2-1-3-5-18/h1-9,16H,10-15H2,(H,26,29)(H,28,30)/t24-/m0/s1. The molecule has 1 aromatic heterocycles. The highest BCUT2D eigenvalue weighted by molar-refractivity contribution is 7.10. The van der Waals surface area contributed by atoms with Gasteiger partial charge >= 0.3 is 0 Å². The number of thiazole rings is 1. The molecule has 4 rings (SSSR count). The number of rotatable bonds is 8. The van der Waals surface area contributed by atoms with Gasteiger partial charge in [-0.2, -0.15) is 0 Å². The molecule has 1 aliphatic rings. The fourth-order valence-electron chi connectivity index (χ4n) is 4.02. The summed E-state index contributed by atoms with van der Waals surface area (Å²) in [6.07, 6.45) is 2.55. The van der Waals surface area contributed by atoms with E-state index in [1.807, 2.05) is 30.3 Å². The smallest absolute Gasteiger partial charge is 0.220 e. The van der Waals surface area contributed by atoms with Crippen molar-refractivity contribution in [3.05, 3.63) is 76.4 Å². The van der Waals surface area contributed by atoms with Crippen LogP contribution in [-0.2, 0) is 22.6 Å². The molecule has 2 heterocycles. The number of nitrogens with one attached hydrogen (secondary N) is 2. The molecule has 2 N–H and O–H groups in total. The van der Waals surface area contributed by atoms with Gasteiger partial charge in [-0.1, -0.05) is 42.5 Å². The van der Waals surface area contributed by atoms with Gasteiger partial charge < -0.3 is 10.6 Å². The Bertz CT molecular complexity index is 1050. The minimum absolute atomic E-state index is 0.000294. The van der Waals surface area contributed by atoms with Crippen LogP contribution in [0.15, 0.2) is 60.1 Å². The topological polar surface area (TPSA) is 71.1 Å². The number of carbonyl (C=O) groups excluding carboxylic acids is 2. The maximum absolute atomic E-state index is 13.2. The largest absolute Gasteiger partial charge is 0.351 e. The molecule has 1 aliphatic heterocycles. The van der Waals surface area contributed by atoms with E-state index in [1.165, 1.54) is 23.5 Å². The number of hydrogen-bond acceptors (Lipinski definition) is 4. The molecule has 1 fully saturated rings. The molecule has 1 saturated heterocycles. The van der Waals surface area contributed by atoms with Crippen molar-refractivity contribution in [3.8, 4) is 11.3 Å². The molecular formula is C24H24FN3O2S. The lowest BCUT2D eigenvalue weighted by Gasteiger charge is -2.29. The van der Waals surface area contributed by atoms with Gasteiger partial charge in [-0.25, -0.2) is 9.37 Å². The molecule has 31 heavy (non-hydrogen) atoms. The highest BCUT2D eigenvalue weighted by Gasteiger charge is 2.37. The molecule has 5 nitrogen and oxygen atoms in total. The summed E-state index contributed by atoms with van der Waals surface area (Å²) >= 11 is 1.52. The molecule has 0 spiro atoms. The highest BCUT2D eigenvalue weighted by atomic mass is 32.1. The Labute approximate surface area is 184 Å². The molecule has 0 aliphatic carbocycles.